The number of carbonyl (C=O) groups is 2. The molecule has 2 bridgehead atoms. The molecule has 1 aromatic rings. The predicted molar refractivity (Wildman–Crippen MR) is 67.6 cm³/mol. The van der Waals surface area contributed by atoms with Gasteiger partial charge in [0.1, 0.15) is 0 Å². The van der Waals surface area contributed by atoms with E-state index >= 15 is 0 Å². The zero-order chi connectivity index (χ0) is 12.4. The number of hydrogen-bond donors (Lipinski definition) is 0. The summed E-state index contributed by atoms with van der Waals surface area (Å²) in [7, 11) is 0. The van der Waals surface area contributed by atoms with Gasteiger partial charge in [-0.2, -0.15) is 0 Å². The number of rotatable bonds is 0. The molecule has 4 unspecified atom stereocenters. The molecule has 3 aliphatic carbocycles. The van der Waals surface area contributed by atoms with Gasteiger partial charge in [0, 0.05) is 23.0 Å². The molecule has 0 aromatic heterocycles. The lowest BCUT2D eigenvalue weighted by Gasteiger charge is -2.32. The molecular formula is C16H14O2. The molecule has 4 rings (SSSR count). The number of allylic oxidation sites excluding steroid dienone is 2. The maximum absolute atomic E-state index is 12.7. The Balaban J connectivity index is 1.96. The molecule has 0 aliphatic heterocycles. The summed E-state index contributed by atoms with van der Waals surface area (Å²) >= 11 is 0. The molecule has 0 spiro atoms. The van der Waals surface area contributed by atoms with E-state index in [0.717, 1.165) is 12.0 Å². The fourth-order valence-corrected chi connectivity index (χ4v) is 4.08. The zero-order valence-electron chi connectivity index (χ0n) is 10.2. The lowest BCUT2D eigenvalue weighted by molar-refractivity contribution is 0.0720. The van der Waals surface area contributed by atoms with Crippen LogP contribution in [0.2, 0.25) is 0 Å². The van der Waals surface area contributed by atoms with Gasteiger partial charge in [-0.05, 0) is 30.7 Å². The van der Waals surface area contributed by atoms with Crippen molar-refractivity contribution in [2.75, 3.05) is 0 Å². The fraction of sp³-hybridized carbons (Fsp3) is 0.375. The smallest absolute Gasteiger partial charge is 0.168 e. The second-order valence-corrected chi connectivity index (χ2v) is 5.73. The zero-order valence-corrected chi connectivity index (χ0v) is 10.2. The standard InChI is InChI=1S/C16H14O2/c1-8-3-2-4-11-12(8)16(18)14-10-6-5-9(7-10)13(14)15(11)17/h2-6,9-10,13-14H,7H2,1H3. The first-order valence-corrected chi connectivity index (χ1v) is 6.55. The highest BCUT2D eigenvalue weighted by molar-refractivity contribution is 6.17. The molecule has 1 fully saturated rings. The monoisotopic (exact) mass is 238 g/mol. The summed E-state index contributed by atoms with van der Waals surface area (Å²) in [5.74, 6) is 0.817. The van der Waals surface area contributed by atoms with Crippen molar-refractivity contribution in [3.63, 3.8) is 0 Å². The highest BCUT2D eigenvalue weighted by Crippen LogP contribution is 2.52. The van der Waals surface area contributed by atoms with Gasteiger partial charge in [-0.3, -0.25) is 9.59 Å². The van der Waals surface area contributed by atoms with Gasteiger partial charge in [0.15, 0.2) is 11.6 Å². The van der Waals surface area contributed by atoms with Gasteiger partial charge in [0.2, 0.25) is 0 Å². The highest BCUT2D eigenvalue weighted by atomic mass is 16.1. The first-order valence-electron chi connectivity index (χ1n) is 6.55. The predicted octanol–water partition coefficient (Wildman–Crippen LogP) is 2.81. The van der Waals surface area contributed by atoms with Gasteiger partial charge in [-0.1, -0.05) is 30.4 Å². The van der Waals surface area contributed by atoms with Crippen molar-refractivity contribution in [1.29, 1.82) is 0 Å². The van der Waals surface area contributed by atoms with Gasteiger partial charge in [0.25, 0.3) is 0 Å². The van der Waals surface area contributed by atoms with E-state index in [9.17, 15) is 9.59 Å². The summed E-state index contributed by atoms with van der Waals surface area (Å²) < 4.78 is 0. The Morgan fingerprint density at radius 3 is 2.39 bits per heavy atom. The molecule has 2 heteroatoms. The van der Waals surface area contributed by atoms with Crippen LogP contribution in [0.1, 0.15) is 32.7 Å². The molecule has 0 radical (unpaired) electrons. The number of carbonyl (C=O) groups excluding carboxylic acids is 2. The van der Waals surface area contributed by atoms with Crippen LogP contribution in [0.25, 0.3) is 0 Å². The Kier molecular flexibility index (Phi) is 1.82. The molecule has 1 aromatic carbocycles. The molecule has 18 heavy (non-hydrogen) atoms. The van der Waals surface area contributed by atoms with Crippen molar-refractivity contribution in [2.24, 2.45) is 23.7 Å². The van der Waals surface area contributed by atoms with E-state index in [-0.39, 0.29) is 23.4 Å². The Morgan fingerprint density at radius 1 is 1.00 bits per heavy atom. The Morgan fingerprint density at radius 2 is 1.67 bits per heavy atom. The number of fused-ring (bicyclic) bond motifs is 6. The third-order valence-electron chi connectivity index (χ3n) is 4.85. The summed E-state index contributed by atoms with van der Waals surface area (Å²) in [5.41, 5.74) is 2.28. The van der Waals surface area contributed by atoms with Crippen molar-refractivity contribution in [2.45, 2.75) is 13.3 Å². The maximum atomic E-state index is 12.7. The molecule has 0 saturated heterocycles. The second-order valence-electron chi connectivity index (χ2n) is 5.73. The van der Waals surface area contributed by atoms with Crippen LogP contribution in [0.4, 0.5) is 0 Å². The molecule has 2 nitrogen and oxygen atoms in total. The van der Waals surface area contributed by atoms with Crippen LogP contribution in [0, 0.1) is 30.6 Å². The third-order valence-corrected chi connectivity index (χ3v) is 4.85. The van der Waals surface area contributed by atoms with Crippen LogP contribution >= 0.6 is 0 Å². The number of Topliss-reactive ketones (excluding diaryl/α,β-unsaturated/α-hetero) is 2. The lowest BCUT2D eigenvalue weighted by atomic mass is 9.68. The van der Waals surface area contributed by atoms with E-state index in [0.29, 0.717) is 23.0 Å². The Labute approximate surface area is 106 Å². The molecule has 1 saturated carbocycles. The number of hydrogen-bond acceptors (Lipinski definition) is 2. The van der Waals surface area contributed by atoms with Crippen molar-refractivity contribution < 1.29 is 9.59 Å². The summed E-state index contributed by atoms with van der Waals surface area (Å²) in [6.45, 7) is 1.92. The minimum absolute atomic E-state index is 0.0817. The van der Waals surface area contributed by atoms with E-state index in [1.807, 2.05) is 25.1 Å². The number of benzene rings is 1. The van der Waals surface area contributed by atoms with E-state index < -0.39 is 0 Å². The average molecular weight is 238 g/mol. The van der Waals surface area contributed by atoms with Crippen LogP contribution in [-0.4, -0.2) is 11.6 Å². The third kappa shape index (κ3) is 1.04. The minimum Gasteiger partial charge on any atom is -0.294 e. The molecule has 0 amide bonds. The van der Waals surface area contributed by atoms with E-state index in [1.165, 1.54) is 0 Å². The normalized spacial score (nSPS) is 35.8. The summed E-state index contributed by atoms with van der Waals surface area (Å²) in [4.78, 5) is 25.3. The van der Waals surface area contributed by atoms with Crippen molar-refractivity contribution >= 4 is 11.6 Å². The van der Waals surface area contributed by atoms with Crippen LogP contribution in [0.15, 0.2) is 30.4 Å². The SMILES string of the molecule is Cc1cccc2c1C(=O)C1C3C=CC(C3)C1C2=O. The maximum Gasteiger partial charge on any atom is 0.168 e. The summed E-state index contributed by atoms with van der Waals surface area (Å²) in [6.07, 6.45) is 5.26. The summed E-state index contributed by atoms with van der Waals surface area (Å²) in [5, 5.41) is 0. The van der Waals surface area contributed by atoms with Gasteiger partial charge < -0.3 is 0 Å². The first kappa shape index (κ1) is 10.2. The Hall–Kier alpha value is -1.70. The molecule has 3 aliphatic rings. The van der Waals surface area contributed by atoms with E-state index in [4.69, 9.17) is 0 Å². The van der Waals surface area contributed by atoms with Gasteiger partial charge in [0.05, 0.1) is 0 Å². The molecule has 90 valence electrons. The van der Waals surface area contributed by atoms with E-state index in [1.54, 1.807) is 0 Å². The van der Waals surface area contributed by atoms with Crippen LogP contribution in [0.5, 0.6) is 0 Å². The van der Waals surface area contributed by atoms with Gasteiger partial charge >= 0.3 is 0 Å². The topological polar surface area (TPSA) is 34.1 Å². The number of ketones is 2. The molecule has 0 heterocycles. The largest absolute Gasteiger partial charge is 0.294 e. The molecule has 0 N–H and O–H groups in total. The average Bonchev–Trinajstić information content (AvgIpc) is 2.96. The second kappa shape index (κ2) is 3.19. The van der Waals surface area contributed by atoms with Gasteiger partial charge in [-0.25, -0.2) is 0 Å². The van der Waals surface area contributed by atoms with Crippen molar-refractivity contribution in [3.05, 3.63) is 47.0 Å². The van der Waals surface area contributed by atoms with Crippen molar-refractivity contribution in [1.82, 2.24) is 0 Å². The first-order chi connectivity index (χ1) is 8.68. The number of aryl methyl sites for hydroxylation is 1. The quantitative estimate of drug-likeness (QED) is 0.651. The van der Waals surface area contributed by atoms with Crippen LogP contribution < -0.4 is 0 Å². The van der Waals surface area contributed by atoms with Crippen LogP contribution in [-0.2, 0) is 0 Å². The molecule has 4 atom stereocenters. The highest BCUT2D eigenvalue weighted by Gasteiger charge is 2.54. The molecular weight excluding hydrogens is 224 g/mol. The fourth-order valence-electron chi connectivity index (χ4n) is 4.08. The lowest BCUT2D eigenvalue weighted by Crippen LogP contribution is -2.39. The Bertz CT molecular complexity index is 612. The van der Waals surface area contributed by atoms with Gasteiger partial charge in [-0.15, -0.1) is 0 Å². The van der Waals surface area contributed by atoms with Crippen LogP contribution in [0.3, 0.4) is 0 Å². The van der Waals surface area contributed by atoms with E-state index in [2.05, 4.69) is 12.2 Å². The van der Waals surface area contributed by atoms with Crippen molar-refractivity contribution in [3.8, 4) is 0 Å². The minimum atomic E-state index is -0.0823. The summed E-state index contributed by atoms with van der Waals surface area (Å²) in [6, 6.07) is 5.62.